The molecule has 2 aromatic rings. The van der Waals surface area contributed by atoms with Gasteiger partial charge in [0, 0.05) is 19.3 Å². The first-order valence-electron chi connectivity index (χ1n) is 6.61. The molecule has 7 nitrogen and oxygen atoms in total. The highest BCUT2D eigenvalue weighted by Gasteiger charge is 2.07. The number of benzene rings is 1. The first-order chi connectivity index (χ1) is 10.7. The number of anilines is 2. The lowest BCUT2D eigenvalue weighted by atomic mass is 10.2. The SMILES string of the molecule is COCCNC(=O)c1ccc(Nc2ccc(C#N)cc2)nn1. The van der Waals surface area contributed by atoms with Crippen LogP contribution in [-0.4, -0.2) is 36.4 Å². The van der Waals surface area contributed by atoms with Gasteiger partial charge in [-0.1, -0.05) is 0 Å². The van der Waals surface area contributed by atoms with Gasteiger partial charge in [-0.25, -0.2) is 0 Å². The summed E-state index contributed by atoms with van der Waals surface area (Å²) in [5, 5.41) is 22.3. The van der Waals surface area contributed by atoms with Crippen molar-refractivity contribution in [3.63, 3.8) is 0 Å². The van der Waals surface area contributed by atoms with Crippen molar-refractivity contribution in [2.45, 2.75) is 0 Å². The van der Waals surface area contributed by atoms with Crippen molar-refractivity contribution in [1.29, 1.82) is 5.26 Å². The standard InChI is InChI=1S/C15H15N5O2/c1-22-9-8-17-15(21)13-6-7-14(20-19-13)18-12-4-2-11(10-16)3-5-12/h2-7H,8-9H2,1H3,(H,17,21)(H,18,20). The molecule has 0 atom stereocenters. The third-order valence-corrected chi connectivity index (χ3v) is 2.78. The number of carbonyl (C=O) groups excluding carboxylic acids is 1. The number of nitrogens with one attached hydrogen (secondary N) is 2. The Hall–Kier alpha value is -2.98. The van der Waals surface area contributed by atoms with Crippen molar-refractivity contribution in [2.75, 3.05) is 25.6 Å². The largest absolute Gasteiger partial charge is 0.383 e. The summed E-state index contributed by atoms with van der Waals surface area (Å²) < 4.78 is 4.85. The van der Waals surface area contributed by atoms with Gasteiger partial charge in [0.05, 0.1) is 18.2 Å². The van der Waals surface area contributed by atoms with Crippen molar-refractivity contribution in [1.82, 2.24) is 15.5 Å². The molecule has 0 spiro atoms. The predicted molar refractivity (Wildman–Crippen MR) is 80.7 cm³/mol. The van der Waals surface area contributed by atoms with Crippen molar-refractivity contribution >= 4 is 17.4 Å². The first-order valence-corrected chi connectivity index (χ1v) is 6.61. The van der Waals surface area contributed by atoms with E-state index in [4.69, 9.17) is 10.00 Å². The minimum absolute atomic E-state index is 0.237. The van der Waals surface area contributed by atoms with E-state index < -0.39 is 0 Å². The van der Waals surface area contributed by atoms with Crippen LogP contribution < -0.4 is 10.6 Å². The molecule has 0 aliphatic carbocycles. The van der Waals surface area contributed by atoms with Gasteiger partial charge in [-0.3, -0.25) is 4.79 Å². The second-order valence-corrected chi connectivity index (χ2v) is 4.37. The van der Waals surface area contributed by atoms with Crippen LogP contribution in [0.2, 0.25) is 0 Å². The Bertz CT molecular complexity index is 662. The Morgan fingerprint density at radius 2 is 2.00 bits per heavy atom. The summed E-state index contributed by atoms with van der Waals surface area (Å²) in [6.45, 7) is 0.861. The second-order valence-electron chi connectivity index (χ2n) is 4.37. The average Bonchev–Trinajstić information content (AvgIpc) is 2.56. The van der Waals surface area contributed by atoms with Crippen LogP contribution in [-0.2, 0) is 4.74 Å². The number of aromatic nitrogens is 2. The maximum absolute atomic E-state index is 11.7. The Morgan fingerprint density at radius 3 is 2.59 bits per heavy atom. The molecule has 1 heterocycles. The molecule has 22 heavy (non-hydrogen) atoms. The zero-order chi connectivity index (χ0) is 15.8. The molecule has 0 aliphatic heterocycles. The van der Waals surface area contributed by atoms with Crippen LogP contribution in [0, 0.1) is 11.3 Å². The van der Waals surface area contributed by atoms with Crippen molar-refractivity contribution in [3.8, 4) is 6.07 Å². The highest BCUT2D eigenvalue weighted by Crippen LogP contribution is 2.14. The molecule has 7 heteroatoms. The number of rotatable bonds is 6. The van der Waals surface area contributed by atoms with E-state index in [1.165, 1.54) is 0 Å². The van der Waals surface area contributed by atoms with Gasteiger partial charge in [0.15, 0.2) is 11.5 Å². The minimum atomic E-state index is -0.297. The number of nitrogens with zero attached hydrogens (tertiary/aromatic N) is 3. The third kappa shape index (κ3) is 4.26. The molecule has 2 rings (SSSR count). The number of nitriles is 1. The van der Waals surface area contributed by atoms with Gasteiger partial charge in [0.2, 0.25) is 0 Å². The summed E-state index contributed by atoms with van der Waals surface area (Å²) in [6.07, 6.45) is 0. The average molecular weight is 297 g/mol. The fourth-order valence-corrected chi connectivity index (χ4v) is 1.65. The molecule has 1 amide bonds. The Balaban J connectivity index is 1.96. The maximum Gasteiger partial charge on any atom is 0.271 e. The molecule has 1 aromatic heterocycles. The third-order valence-electron chi connectivity index (χ3n) is 2.78. The van der Waals surface area contributed by atoms with Crippen LogP contribution in [0.15, 0.2) is 36.4 Å². The normalized spacial score (nSPS) is 9.82. The van der Waals surface area contributed by atoms with Crippen LogP contribution >= 0.6 is 0 Å². The van der Waals surface area contributed by atoms with Crippen molar-refractivity contribution in [2.24, 2.45) is 0 Å². The van der Waals surface area contributed by atoms with Crippen LogP contribution in [0.4, 0.5) is 11.5 Å². The van der Waals surface area contributed by atoms with E-state index in [1.807, 2.05) is 6.07 Å². The molecule has 0 unspecified atom stereocenters. The molecular formula is C15H15N5O2. The summed E-state index contributed by atoms with van der Waals surface area (Å²) in [4.78, 5) is 11.7. The van der Waals surface area contributed by atoms with Crippen molar-refractivity contribution in [3.05, 3.63) is 47.7 Å². The van der Waals surface area contributed by atoms with E-state index in [2.05, 4.69) is 20.8 Å². The number of methoxy groups -OCH3 is 1. The van der Waals surface area contributed by atoms with Gasteiger partial charge in [0.25, 0.3) is 5.91 Å². The van der Waals surface area contributed by atoms with Gasteiger partial charge in [0.1, 0.15) is 0 Å². The highest BCUT2D eigenvalue weighted by molar-refractivity contribution is 5.92. The summed E-state index contributed by atoms with van der Waals surface area (Å²) in [6, 6.07) is 12.2. The number of amides is 1. The van der Waals surface area contributed by atoms with Gasteiger partial charge in [-0.15, -0.1) is 10.2 Å². The lowest BCUT2D eigenvalue weighted by Crippen LogP contribution is -2.27. The zero-order valence-electron chi connectivity index (χ0n) is 12.0. The fraction of sp³-hybridized carbons (Fsp3) is 0.200. The van der Waals surface area contributed by atoms with E-state index in [9.17, 15) is 4.79 Å². The summed E-state index contributed by atoms with van der Waals surface area (Å²) in [7, 11) is 1.57. The fourth-order valence-electron chi connectivity index (χ4n) is 1.65. The highest BCUT2D eigenvalue weighted by atomic mass is 16.5. The predicted octanol–water partition coefficient (Wildman–Crippen LogP) is 1.47. The van der Waals surface area contributed by atoms with Crippen LogP contribution in [0.3, 0.4) is 0 Å². The van der Waals surface area contributed by atoms with Crippen LogP contribution in [0.5, 0.6) is 0 Å². The molecule has 1 aromatic carbocycles. The van der Waals surface area contributed by atoms with Crippen LogP contribution in [0.1, 0.15) is 16.1 Å². The molecule has 0 aliphatic rings. The summed E-state index contributed by atoms with van der Waals surface area (Å²) >= 11 is 0. The molecule has 0 saturated carbocycles. The Morgan fingerprint density at radius 1 is 1.23 bits per heavy atom. The molecule has 0 radical (unpaired) electrons. The topological polar surface area (TPSA) is 99.9 Å². The monoisotopic (exact) mass is 297 g/mol. The van der Waals surface area contributed by atoms with Crippen LogP contribution in [0.25, 0.3) is 0 Å². The smallest absolute Gasteiger partial charge is 0.271 e. The number of hydrogen-bond donors (Lipinski definition) is 2. The lowest BCUT2D eigenvalue weighted by molar-refractivity contribution is 0.0931. The molecule has 112 valence electrons. The van der Waals surface area contributed by atoms with E-state index in [0.717, 1.165) is 5.69 Å². The number of carbonyl (C=O) groups is 1. The molecular weight excluding hydrogens is 282 g/mol. The Labute approximate surface area is 127 Å². The molecule has 2 N–H and O–H groups in total. The second kappa shape index (κ2) is 7.71. The number of hydrogen-bond acceptors (Lipinski definition) is 6. The molecule has 0 fully saturated rings. The van der Waals surface area contributed by atoms with E-state index >= 15 is 0 Å². The number of ether oxygens (including phenoxy) is 1. The van der Waals surface area contributed by atoms with Crippen molar-refractivity contribution < 1.29 is 9.53 Å². The van der Waals surface area contributed by atoms with Gasteiger partial charge in [-0.2, -0.15) is 5.26 Å². The minimum Gasteiger partial charge on any atom is -0.383 e. The van der Waals surface area contributed by atoms with E-state index in [1.54, 1.807) is 43.5 Å². The Kier molecular flexibility index (Phi) is 5.40. The molecule has 0 bridgehead atoms. The lowest BCUT2D eigenvalue weighted by Gasteiger charge is -2.06. The van der Waals surface area contributed by atoms with Gasteiger partial charge < -0.3 is 15.4 Å². The maximum atomic E-state index is 11.7. The van der Waals surface area contributed by atoms with E-state index in [-0.39, 0.29) is 11.6 Å². The quantitative estimate of drug-likeness (QED) is 0.783. The van der Waals surface area contributed by atoms with Gasteiger partial charge >= 0.3 is 0 Å². The summed E-state index contributed by atoms with van der Waals surface area (Å²) in [5.41, 5.74) is 1.60. The first kappa shape index (κ1) is 15.4. The molecule has 0 saturated heterocycles. The van der Waals surface area contributed by atoms with E-state index in [0.29, 0.717) is 24.5 Å². The van der Waals surface area contributed by atoms with Gasteiger partial charge in [-0.05, 0) is 36.4 Å². The zero-order valence-corrected chi connectivity index (χ0v) is 12.0. The summed E-state index contributed by atoms with van der Waals surface area (Å²) in [5.74, 6) is 0.215.